The summed E-state index contributed by atoms with van der Waals surface area (Å²) in [5.41, 5.74) is 0.0412. The van der Waals surface area contributed by atoms with E-state index in [0.29, 0.717) is 0 Å². The van der Waals surface area contributed by atoms with Gasteiger partial charge in [0.05, 0.1) is 6.10 Å². The van der Waals surface area contributed by atoms with Crippen molar-refractivity contribution >= 4 is 22.6 Å². The van der Waals surface area contributed by atoms with Crippen LogP contribution in [0.5, 0.6) is 5.75 Å². The standard InChI is InChI=1S/C16H21IO2/c17-12-5-7-13(8-6-12)19-15-11-14(18)16(15)9-3-1-2-4-10-16/h5-8,14-15,18H,1-4,9-11H2. The third-order valence-electron chi connectivity index (χ3n) is 4.87. The minimum absolute atomic E-state index is 0.0412. The molecule has 1 aromatic carbocycles. The maximum atomic E-state index is 10.3. The molecule has 0 aliphatic heterocycles. The average molecular weight is 372 g/mol. The van der Waals surface area contributed by atoms with Gasteiger partial charge in [-0.1, -0.05) is 25.7 Å². The third-order valence-corrected chi connectivity index (χ3v) is 5.59. The molecule has 1 N–H and O–H groups in total. The Kier molecular flexibility index (Phi) is 4.03. The summed E-state index contributed by atoms with van der Waals surface area (Å²) in [7, 11) is 0. The molecule has 2 unspecified atom stereocenters. The van der Waals surface area contributed by atoms with E-state index < -0.39 is 0 Å². The van der Waals surface area contributed by atoms with E-state index in [1.807, 2.05) is 12.1 Å². The van der Waals surface area contributed by atoms with Crippen LogP contribution in [0.25, 0.3) is 0 Å². The molecule has 2 aliphatic carbocycles. The molecule has 1 spiro atoms. The summed E-state index contributed by atoms with van der Waals surface area (Å²) in [5, 5.41) is 10.3. The zero-order chi connectivity index (χ0) is 13.3. The van der Waals surface area contributed by atoms with Crippen molar-refractivity contribution in [2.75, 3.05) is 0 Å². The summed E-state index contributed by atoms with van der Waals surface area (Å²) >= 11 is 2.30. The predicted molar refractivity (Wildman–Crippen MR) is 84.3 cm³/mol. The number of hydrogen-bond donors (Lipinski definition) is 1. The SMILES string of the molecule is OC1CC(Oc2ccc(I)cc2)C12CCCCCC2. The molecule has 2 fully saturated rings. The van der Waals surface area contributed by atoms with Gasteiger partial charge in [0.15, 0.2) is 0 Å². The van der Waals surface area contributed by atoms with Gasteiger partial charge >= 0.3 is 0 Å². The molecule has 104 valence electrons. The highest BCUT2D eigenvalue weighted by molar-refractivity contribution is 14.1. The van der Waals surface area contributed by atoms with Crippen molar-refractivity contribution in [3.63, 3.8) is 0 Å². The average Bonchev–Trinajstić information content (AvgIpc) is 2.68. The van der Waals surface area contributed by atoms with Crippen molar-refractivity contribution < 1.29 is 9.84 Å². The monoisotopic (exact) mass is 372 g/mol. The van der Waals surface area contributed by atoms with E-state index >= 15 is 0 Å². The molecular weight excluding hydrogens is 351 g/mol. The molecule has 3 heteroatoms. The van der Waals surface area contributed by atoms with E-state index in [2.05, 4.69) is 34.7 Å². The first-order chi connectivity index (χ1) is 9.21. The van der Waals surface area contributed by atoms with Crippen LogP contribution in [0, 0.1) is 8.99 Å². The normalized spacial score (nSPS) is 29.6. The summed E-state index contributed by atoms with van der Waals surface area (Å²) in [6, 6.07) is 8.23. The molecule has 0 aromatic heterocycles. The van der Waals surface area contributed by atoms with Crippen LogP contribution >= 0.6 is 22.6 Å². The second-order valence-electron chi connectivity index (χ2n) is 5.96. The lowest BCUT2D eigenvalue weighted by molar-refractivity contribution is -0.163. The van der Waals surface area contributed by atoms with E-state index in [-0.39, 0.29) is 17.6 Å². The minimum atomic E-state index is -0.153. The van der Waals surface area contributed by atoms with Crippen LogP contribution in [0.2, 0.25) is 0 Å². The van der Waals surface area contributed by atoms with Crippen LogP contribution in [0.4, 0.5) is 0 Å². The summed E-state index contributed by atoms with van der Waals surface area (Å²) < 4.78 is 7.39. The topological polar surface area (TPSA) is 29.5 Å². The highest BCUT2D eigenvalue weighted by Gasteiger charge is 2.55. The van der Waals surface area contributed by atoms with Crippen molar-refractivity contribution in [2.45, 2.75) is 57.2 Å². The van der Waals surface area contributed by atoms with Gasteiger partial charge in [-0.3, -0.25) is 0 Å². The van der Waals surface area contributed by atoms with Crippen molar-refractivity contribution in [3.05, 3.63) is 27.8 Å². The predicted octanol–water partition coefficient (Wildman–Crippen LogP) is 4.14. The Morgan fingerprint density at radius 1 is 1.05 bits per heavy atom. The van der Waals surface area contributed by atoms with E-state index in [9.17, 15) is 5.11 Å². The van der Waals surface area contributed by atoms with Crippen molar-refractivity contribution in [1.82, 2.24) is 0 Å². The zero-order valence-electron chi connectivity index (χ0n) is 11.1. The molecule has 19 heavy (non-hydrogen) atoms. The fraction of sp³-hybridized carbons (Fsp3) is 0.625. The lowest BCUT2D eigenvalue weighted by Gasteiger charge is -2.53. The van der Waals surface area contributed by atoms with Crippen molar-refractivity contribution in [2.24, 2.45) is 5.41 Å². The molecule has 0 radical (unpaired) electrons. The summed E-state index contributed by atoms with van der Waals surface area (Å²) in [6.45, 7) is 0. The maximum Gasteiger partial charge on any atom is 0.119 e. The van der Waals surface area contributed by atoms with Crippen LogP contribution in [0.1, 0.15) is 44.9 Å². The largest absolute Gasteiger partial charge is 0.490 e. The molecule has 0 bridgehead atoms. The highest BCUT2D eigenvalue weighted by Crippen LogP contribution is 2.52. The molecule has 0 saturated heterocycles. The van der Waals surface area contributed by atoms with Gasteiger partial charge in [-0.25, -0.2) is 0 Å². The molecule has 2 atom stereocenters. The molecule has 2 aliphatic rings. The first-order valence-corrected chi connectivity index (χ1v) is 8.39. The molecule has 1 aromatic rings. The van der Waals surface area contributed by atoms with Gasteiger partial charge in [0.2, 0.25) is 0 Å². The number of benzene rings is 1. The molecule has 2 saturated carbocycles. The highest BCUT2D eigenvalue weighted by atomic mass is 127. The summed E-state index contributed by atoms with van der Waals surface area (Å²) in [4.78, 5) is 0. The Labute approximate surface area is 128 Å². The Balaban J connectivity index is 1.72. The first kappa shape index (κ1) is 13.7. The van der Waals surface area contributed by atoms with E-state index in [4.69, 9.17) is 4.74 Å². The second kappa shape index (κ2) is 5.60. The Bertz CT molecular complexity index is 421. The van der Waals surface area contributed by atoms with Gasteiger partial charge in [-0.15, -0.1) is 0 Å². The molecule has 3 rings (SSSR count). The number of rotatable bonds is 2. The Morgan fingerprint density at radius 3 is 2.26 bits per heavy atom. The molecule has 0 heterocycles. The minimum Gasteiger partial charge on any atom is -0.490 e. The van der Waals surface area contributed by atoms with E-state index in [1.54, 1.807) is 0 Å². The number of aliphatic hydroxyl groups excluding tert-OH is 1. The number of hydrogen-bond acceptors (Lipinski definition) is 2. The van der Waals surface area contributed by atoms with Gasteiger partial charge in [-0.05, 0) is 59.7 Å². The lowest BCUT2D eigenvalue weighted by atomic mass is 9.59. The fourth-order valence-corrected chi connectivity index (χ4v) is 3.97. The van der Waals surface area contributed by atoms with Crippen LogP contribution in [0.15, 0.2) is 24.3 Å². The van der Waals surface area contributed by atoms with Crippen LogP contribution in [0.3, 0.4) is 0 Å². The number of ether oxygens (including phenoxy) is 1. The van der Waals surface area contributed by atoms with Crippen LogP contribution in [-0.4, -0.2) is 17.3 Å². The molecule has 2 nitrogen and oxygen atoms in total. The van der Waals surface area contributed by atoms with E-state index in [1.165, 1.54) is 29.3 Å². The van der Waals surface area contributed by atoms with Crippen molar-refractivity contribution in [1.29, 1.82) is 0 Å². The van der Waals surface area contributed by atoms with Gasteiger partial charge < -0.3 is 9.84 Å². The van der Waals surface area contributed by atoms with Crippen molar-refractivity contribution in [3.8, 4) is 5.75 Å². The molecule has 0 amide bonds. The smallest absolute Gasteiger partial charge is 0.119 e. The third kappa shape index (κ3) is 2.64. The zero-order valence-corrected chi connectivity index (χ0v) is 13.3. The fourth-order valence-electron chi connectivity index (χ4n) is 3.61. The maximum absolute atomic E-state index is 10.3. The van der Waals surface area contributed by atoms with Crippen LogP contribution < -0.4 is 4.74 Å². The number of aliphatic hydroxyl groups is 1. The lowest BCUT2D eigenvalue weighted by Crippen LogP contribution is -2.59. The second-order valence-corrected chi connectivity index (χ2v) is 7.20. The summed E-state index contributed by atoms with van der Waals surface area (Å²) in [5.74, 6) is 0.945. The Morgan fingerprint density at radius 2 is 1.68 bits per heavy atom. The number of halogens is 1. The Hall–Kier alpha value is -0.290. The van der Waals surface area contributed by atoms with Crippen LogP contribution in [-0.2, 0) is 0 Å². The summed E-state index contributed by atoms with van der Waals surface area (Å²) in [6.07, 6.45) is 8.21. The van der Waals surface area contributed by atoms with E-state index in [0.717, 1.165) is 25.0 Å². The quantitative estimate of drug-likeness (QED) is 0.791. The van der Waals surface area contributed by atoms with Gasteiger partial charge in [0, 0.05) is 15.4 Å². The first-order valence-electron chi connectivity index (χ1n) is 7.31. The van der Waals surface area contributed by atoms with Gasteiger partial charge in [0.1, 0.15) is 11.9 Å². The van der Waals surface area contributed by atoms with Gasteiger partial charge in [-0.2, -0.15) is 0 Å². The molecular formula is C16H21IO2. The van der Waals surface area contributed by atoms with Gasteiger partial charge in [0.25, 0.3) is 0 Å².